The number of likely N-dealkylation sites (tertiary alicyclic amines) is 1. The zero-order valence-electron chi connectivity index (χ0n) is 21.1. The summed E-state index contributed by atoms with van der Waals surface area (Å²) in [4.78, 5) is 28.9. The molecule has 0 radical (unpaired) electrons. The van der Waals surface area contributed by atoms with E-state index in [4.69, 9.17) is 9.47 Å². The molecular formula is C31H27NO5S. The second-order valence-corrected chi connectivity index (χ2v) is 10.0. The molecule has 1 atom stereocenters. The van der Waals surface area contributed by atoms with Gasteiger partial charge in [-0.1, -0.05) is 48.5 Å². The number of amides is 1. The number of ketones is 1. The first-order valence-electron chi connectivity index (χ1n) is 12.2. The molecule has 192 valence electrons. The first-order chi connectivity index (χ1) is 18.5. The van der Waals surface area contributed by atoms with Crippen LogP contribution in [0.1, 0.15) is 33.2 Å². The summed E-state index contributed by atoms with van der Waals surface area (Å²) >= 11 is 1.44. The predicted octanol–water partition coefficient (Wildman–Crippen LogP) is 6.27. The van der Waals surface area contributed by atoms with Crippen molar-refractivity contribution in [2.24, 2.45) is 0 Å². The summed E-state index contributed by atoms with van der Waals surface area (Å²) in [5.74, 6) is -0.207. The minimum atomic E-state index is -0.703. The van der Waals surface area contributed by atoms with Gasteiger partial charge >= 0.3 is 0 Å². The highest BCUT2D eigenvalue weighted by Crippen LogP contribution is 2.42. The van der Waals surface area contributed by atoms with Crippen molar-refractivity contribution in [1.82, 2.24) is 4.90 Å². The van der Waals surface area contributed by atoms with Crippen LogP contribution in [0.2, 0.25) is 0 Å². The molecule has 1 aromatic heterocycles. The van der Waals surface area contributed by atoms with E-state index in [1.54, 1.807) is 25.3 Å². The minimum Gasteiger partial charge on any atom is -0.507 e. The SMILES string of the molecule is COc1cccc(CN2C(=O)C(=O)/C(=C(\O)c3ccc(OCc4ccccc4)c(C)c3)C2c2cccs2)c1. The highest BCUT2D eigenvalue weighted by Gasteiger charge is 2.46. The molecule has 1 unspecified atom stereocenters. The van der Waals surface area contributed by atoms with E-state index in [1.807, 2.05) is 79.0 Å². The Hall–Kier alpha value is -4.36. The fourth-order valence-corrected chi connectivity index (χ4v) is 5.45. The number of carbonyl (C=O) groups excluding carboxylic acids is 2. The van der Waals surface area contributed by atoms with Crippen molar-refractivity contribution in [1.29, 1.82) is 0 Å². The van der Waals surface area contributed by atoms with Crippen LogP contribution in [-0.2, 0) is 22.7 Å². The largest absolute Gasteiger partial charge is 0.507 e. The summed E-state index contributed by atoms with van der Waals surface area (Å²) in [6, 6.07) is 25.5. The van der Waals surface area contributed by atoms with E-state index >= 15 is 0 Å². The molecule has 0 bridgehead atoms. The monoisotopic (exact) mass is 525 g/mol. The normalized spacial score (nSPS) is 16.6. The number of hydrogen-bond donors (Lipinski definition) is 1. The molecule has 1 aliphatic rings. The Morgan fingerprint density at radius 1 is 0.947 bits per heavy atom. The molecule has 0 saturated carbocycles. The molecule has 1 aliphatic heterocycles. The molecule has 4 aromatic rings. The Bertz CT molecular complexity index is 1490. The molecule has 1 amide bonds. The zero-order chi connectivity index (χ0) is 26.6. The van der Waals surface area contributed by atoms with Crippen molar-refractivity contribution < 1.29 is 24.2 Å². The van der Waals surface area contributed by atoms with Crippen molar-refractivity contribution in [2.45, 2.75) is 26.1 Å². The highest BCUT2D eigenvalue weighted by atomic mass is 32.1. The number of Topliss-reactive ketones (excluding diaryl/α,β-unsaturated/α-hetero) is 1. The van der Waals surface area contributed by atoms with Crippen LogP contribution in [0, 0.1) is 6.92 Å². The molecule has 6 nitrogen and oxygen atoms in total. The summed E-state index contributed by atoms with van der Waals surface area (Å²) in [5.41, 5.74) is 3.21. The molecular weight excluding hydrogens is 498 g/mol. The van der Waals surface area contributed by atoms with E-state index in [0.29, 0.717) is 23.7 Å². The van der Waals surface area contributed by atoms with Crippen LogP contribution in [0.15, 0.2) is 95.9 Å². The number of aliphatic hydroxyl groups excluding tert-OH is 1. The quantitative estimate of drug-likeness (QED) is 0.167. The molecule has 0 spiro atoms. The van der Waals surface area contributed by atoms with Crippen molar-refractivity contribution in [3.8, 4) is 11.5 Å². The number of aryl methyl sites for hydroxylation is 1. The van der Waals surface area contributed by atoms with Gasteiger partial charge in [0.2, 0.25) is 0 Å². The van der Waals surface area contributed by atoms with E-state index < -0.39 is 17.7 Å². The van der Waals surface area contributed by atoms with Gasteiger partial charge in [0, 0.05) is 17.0 Å². The number of aliphatic hydroxyl groups is 1. The molecule has 5 rings (SSSR count). The predicted molar refractivity (Wildman–Crippen MR) is 147 cm³/mol. The smallest absolute Gasteiger partial charge is 0.295 e. The third-order valence-electron chi connectivity index (χ3n) is 6.53. The maximum Gasteiger partial charge on any atom is 0.295 e. The number of nitrogens with zero attached hydrogens (tertiary/aromatic N) is 1. The number of methoxy groups -OCH3 is 1. The van der Waals surface area contributed by atoms with E-state index in [9.17, 15) is 14.7 Å². The summed E-state index contributed by atoms with van der Waals surface area (Å²) in [7, 11) is 1.58. The van der Waals surface area contributed by atoms with Crippen molar-refractivity contribution in [3.05, 3.63) is 123 Å². The maximum atomic E-state index is 13.3. The van der Waals surface area contributed by atoms with Gasteiger partial charge in [-0.05, 0) is 65.4 Å². The van der Waals surface area contributed by atoms with Crippen LogP contribution >= 0.6 is 11.3 Å². The Kier molecular flexibility index (Phi) is 7.29. The second-order valence-electron chi connectivity index (χ2n) is 9.05. The van der Waals surface area contributed by atoms with E-state index in [0.717, 1.165) is 21.6 Å². The van der Waals surface area contributed by atoms with Gasteiger partial charge < -0.3 is 19.5 Å². The Balaban J connectivity index is 1.48. The average molecular weight is 526 g/mol. The van der Waals surface area contributed by atoms with Crippen LogP contribution in [0.25, 0.3) is 5.76 Å². The summed E-state index contributed by atoms with van der Waals surface area (Å²) < 4.78 is 11.3. The Morgan fingerprint density at radius 3 is 2.45 bits per heavy atom. The lowest BCUT2D eigenvalue weighted by atomic mass is 9.98. The molecule has 2 heterocycles. The highest BCUT2D eigenvalue weighted by molar-refractivity contribution is 7.10. The number of rotatable bonds is 8. The summed E-state index contributed by atoms with van der Waals surface area (Å²) in [6.45, 7) is 2.50. The molecule has 7 heteroatoms. The maximum absolute atomic E-state index is 13.3. The van der Waals surface area contributed by atoms with Gasteiger partial charge in [0.05, 0.1) is 18.7 Å². The molecule has 1 fully saturated rings. The minimum absolute atomic E-state index is 0.0812. The first kappa shape index (κ1) is 25.3. The molecule has 1 N–H and O–H groups in total. The standard InChI is InChI=1S/C31H27NO5S/c1-20-16-23(13-14-25(20)37-19-21-8-4-3-5-9-21)29(33)27-28(26-12-7-15-38-26)32(31(35)30(27)34)18-22-10-6-11-24(17-22)36-2/h3-17,28,33H,18-19H2,1-2H3/b29-27-. The zero-order valence-corrected chi connectivity index (χ0v) is 21.9. The number of hydrogen-bond acceptors (Lipinski definition) is 6. The van der Waals surface area contributed by atoms with Gasteiger partial charge in [0.15, 0.2) is 0 Å². The van der Waals surface area contributed by atoms with E-state index in [1.165, 1.54) is 16.2 Å². The van der Waals surface area contributed by atoms with Crippen LogP contribution in [-0.4, -0.2) is 28.8 Å². The summed E-state index contributed by atoms with van der Waals surface area (Å²) in [5, 5.41) is 13.3. The third kappa shape index (κ3) is 5.06. The van der Waals surface area contributed by atoms with Crippen LogP contribution in [0.5, 0.6) is 11.5 Å². The number of benzene rings is 3. The average Bonchev–Trinajstić information content (AvgIpc) is 3.55. The molecule has 0 aliphatic carbocycles. The fourth-order valence-electron chi connectivity index (χ4n) is 4.60. The lowest BCUT2D eigenvalue weighted by Crippen LogP contribution is -2.28. The van der Waals surface area contributed by atoms with Gasteiger partial charge in [0.1, 0.15) is 23.9 Å². The van der Waals surface area contributed by atoms with Crippen molar-refractivity contribution >= 4 is 28.8 Å². The van der Waals surface area contributed by atoms with Gasteiger partial charge in [0.25, 0.3) is 11.7 Å². The number of carbonyl (C=O) groups is 2. The second kappa shape index (κ2) is 10.9. The van der Waals surface area contributed by atoms with Crippen molar-refractivity contribution in [2.75, 3.05) is 7.11 Å². The van der Waals surface area contributed by atoms with Crippen LogP contribution in [0.4, 0.5) is 0 Å². The van der Waals surface area contributed by atoms with Crippen molar-refractivity contribution in [3.63, 3.8) is 0 Å². The topological polar surface area (TPSA) is 76.1 Å². The molecule has 1 saturated heterocycles. The van der Waals surface area contributed by atoms with E-state index in [-0.39, 0.29) is 17.9 Å². The Labute approximate surface area is 225 Å². The van der Waals surface area contributed by atoms with Gasteiger partial charge in [-0.15, -0.1) is 11.3 Å². The first-order valence-corrected chi connectivity index (χ1v) is 13.1. The summed E-state index contributed by atoms with van der Waals surface area (Å²) in [6.07, 6.45) is 0. The molecule has 38 heavy (non-hydrogen) atoms. The third-order valence-corrected chi connectivity index (χ3v) is 7.45. The Morgan fingerprint density at radius 2 is 1.74 bits per heavy atom. The molecule has 3 aromatic carbocycles. The van der Waals surface area contributed by atoms with Crippen LogP contribution in [0.3, 0.4) is 0 Å². The van der Waals surface area contributed by atoms with Gasteiger partial charge in [-0.2, -0.15) is 0 Å². The fraction of sp³-hybridized carbons (Fsp3) is 0.161. The number of ether oxygens (including phenoxy) is 2. The van der Waals surface area contributed by atoms with Gasteiger partial charge in [-0.3, -0.25) is 9.59 Å². The lowest BCUT2D eigenvalue weighted by molar-refractivity contribution is -0.140. The van der Waals surface area contributed by atoms with Crippen LogP contribution < -0.4 is 9.47 Å². The van der Waals surface area contributed by atoms with Gasteiger partial charge in [-0.25, -0.2) is 0 Å². The lowest BCUT2D eigenvalue weighted by Gasteiger charge is -2.24. The number of thiophene rings is 1. The van der Waals surface area contributed by atoms with E-state index in [2.05, 4.69) is 0 Å².